The van der Waals surface area contributed by atoms with Crippen LogP contribution in [0.15, 0.2) is 72.8 Å². The van der Waals surface area contributed by atoms with Gasteiger partial charge in [-0.25, -0.2) is 4.79 Å². The molecule has 1 amide bonds. The first kappa shape index (κ1) is 19.5. The van der Waals surface area contributed by atoms with Crippen molar-refractivity contribution in [3.8, 4) is 17.2 Å². The molecule has 0 saturated heterocycles. The molecular formula is C26H22N2O2. The number of nitriles is 1. The molecule has 4 heteroatoms. The average molecular weight is 394 g/mol. The molecular weight excluding hydrogens is 372 g/mol. The zero-order valence-electron chi connectivity index (χ0n) is 16.8. The lowest BCUT2D eigenvalue weighted by molar-refractivity contribution is 0.144. The first-order chi connectivity index (χ1) is 14.7. The van der Waals surface area contributed by atoms with E-state index in [1.165, 1.54) is 22.3 Å². The predicted octanol–water partition coefficient (Wildman–Crippen LogP) is 5.42. The number of fused-ring (bicyclic) bond motifs is 3. The van der Waals surface area contributed by atoms with Crippen molar-refractivity contribution in [1.29, 1.82) is 5.26 Å². The average Bonchev–Trinajstić information content (AvgIpc) is 3.10. The summed E-state index contributed by atoms with van der Waals surface area (Å²) >= 11 is 0. The van der Waals surface area contributed by atoms with Crippen molar-refractivity contribution in [3.05, 3.63) is 101 Å². The lowest BCUT2D eigenvalue weighted by Crippen LogP contribution is -2.26. The summed E-state index contributed by atoms with van der Waals surface area (Å²) in [6.45, 7) is 2.57. The number of ether oxygens (including phenoxy) is 1. The number of carbonyl (C=O) groups excluding carboxylic acids is 1. The van der Waals surface area contributed by atoms with Gasteiger partial charge in [0.05, 0.1) is 11.6 Å². The van der Waals surface area contributed by atoms with Gasteiger partial charge in [-0.15, -0.1) is 0 Å². The lowest BCUT2D eigenvalue weighted by atomic mass is 9.98. The van der Waals surface area contributed by atoms with E-state index in [0.29, 0.717) is 18.7 Å². The zero-order chi connectivity index (χ0) is 20.9. The molecule has 0 heterocycles. The van der Waals surface area contributed by atoms with Crippen molar-refractivity contribution >= 4 is 12.2 Å². The summed E-state index contributed by atoms with van der Waals surface area (Å²) in [4.78, 5) is 12.2. The van der Waals surface area contributed by atoms with E-state index >= 15 is 0 Å². The van der Waals surface area contributed by atoms with Crippen LogP contribution in [-0.2, 0) is 4.74 Å². The number of carbonyl (C=O) groups is 1. The van der Waals surface area contributed by atoms with Gasteiger partial charge in [0.1, 0.15) is 6.61 Å². The van der Waals surface area contributed by atoms with Crippen LogP contribution in [0.1, 0.15) is 33.7 Å². The fraction of sp³-hybridized carbons (Fsp3) is 0.154. The van der Waals surface area contributed by atoms with Gasteiger partial charge in [-0.3, -0.25) is 0 Å². The van der Waals surface area contributed by atoms with Gasteiger partial charge in [-0.05, 0) is 46.4 Å². The standard InChI is InChI=1S/C26H22N2O2/c1-18-19(8-6-9-20(18)16-27)10-7-15-28-26(29)30-17-25-23-13-4-2-11-21(23)22-12-3-5-14-24(22)25/h2-14,25H,15,17H2,1H3,(H,28,29). The Morgan fingerprint density at radius 3 is 2.37 bits per heavy atom. The summed E-state index contributed by atoms with van der Waals surface area (Å²) in [7, 11) is 0. The highest BCUT2D eigenvalue weighted by molar-refractivity contribution is 5.79. The van der Waals surface area contributed by atoms with Crippen molar-refractivity contribution < 1.29 is 9.53 Å². The van der Waals surface area contributed by atoms with Crippen LogP contribution in [0.2, 0.25) is 0 Å². The minimum absolute atomic E-state index is 0.0510. The smallest absolute Gasteiger partial charge is 0.407 e. The Hall–Kier alpha value is -3.84. The minimum atomic E-state index is -0.441. The highest BCUT2D eigenvalue weighted by Crippen LogP contribution is 2.44. The fourth-order valence-corrected chi connectivity index (χ4v) is 3.93. The molecule has 30 heavy (non-hydrogen) atoms. The Balaban J connectivity index is 1.34. The molecule has 0 radical (unpaired) electrons. The third-order valence-electron chi connectivity index (χ3n) is 5.50. The molecule has 1 aliphatic rings. The summed E-state index contributed by atoms with van der Waals surface area (Å²) in [5.41, 5.74) is 7.35. The molecule has 1 aliphatic carbocycles. The molecule has 0 aliphatic heterocycles. The molecule has 4 rings (SSSR count). The number of benzene rings is 3. The topological polar surface area (TPSA) is 62.1 Å². The highest BCUT2D eigenvalue weighted by atomic mass is 16.5. The Kier molecular flexibility index (Phi) is 5.63. The van der Waals surface area contributed by atoms with Crippen LogP contribution in [-0.4, -0.2) is 19.2 Å². The van der Waals surface area contributed by atoms with Gasteiger partial charge >= 0.3 is 6.09 Å². The van der Waals surface area contributed by atoms with Crippen molar-refractivity contribution in [2.45, 2.75) is 12.8 Å². The van der Waals surface area contributed by atoms with E-state index in [2.05, 4.69) is 35.7 Å². The van der Waals surface area contributed by atoms with Crippen LogP contribution in [0.5, 0.6) is 0 Å². The van der Waals surface area contributed by atoms with Crippen LogP contribution in [0, 0.1) is 18.3 Å². The molecule has 0 aromatic heterocycles. The predicted molar refractivity (Wildman–Crippen MR) is 118 cm³/mol. The SMILES string of the molecule is Cc1c(C#N)cccc1C=CCNC(=O)OCC1c2ccccc2-c2ccccc21. The molecule has 1 N–H and O–H groups in total. The summed E-state index contributed by atoms with van der Waals surface area (Å²) in [6.07, 6.45) is 3.31. The Labute approximate surface area is 176 Å². The van der Waals surface area contributed by atoms with Gasteiger partial charge in [0.15, 0.2) is 0 Å². The van der Waals surface area contributed by atoms with E-state index in [4.69, 9.17) is 10.00 Å². The van der Waals surface area contributed by atoms with E-state index in [1.807, 2.05) is 55.5 Å². The number of nitrogens with zero attached hydrogens (tertiary/aromatic N) is 1. The summed E-state index contributed by atoms with van der Waals surface area (Å²) in [5, 5.41) is 11.9. The molecule has 4 nitrogen and oxygen atoms in total. The number of hydrogen-bond donors (Lipinski definition) is 1. The fourth-order valence-electron chi connectivity index (χ4n) is 3.93. The van der Waals surface area contributed by atoms with Gasteiger partial charge in [-0.2, -0.15) is 5.26 Å². The van der Waals surface area contributed by atoms with Crippen LogP contribution in [0.25, 0.3) is 17.2 Å². The third kappa shape index (κ3) is 3.83. The molecule has 148 valence electrons. The Bertz CT molecular complexity index is 1110. The normalized spacial score (nSPS) is 12.3. The van der Waals surface area contributed by atoms with Crippen molar-refractivity contribution in [2.75, 3.05) is 13.2 Å². The second-order valence-corrected chi connectivity index (χ2v) is 7.24. The molecule has 0 spiro atoms. The number of rotatable bonds is 5. The number of alkyl carbamates (subject to hydrolysis) is 1. The maximum atomic E-state index is 12.2. The molecule has 3 aromatic carbocycles. The maximum absolute atomic E-state index is 12.2. The molecule has 0 saturated carbocycles. The van der Waals surface area contributed by atoms with Crippen LogP contribution in [0.3, 0.4) is 0 Å². The van der Waals surface area contributed by atoms with Gasteiger partial charge < -0.3 is 10.1 Å². The Morgan fingerprint density at radius 2 is 1.70 bits per heavy atom. The zero-order valence-corrected chi connectivity index (χ0v) is 16.8. The highest BCUT2D eigenvalue weighted by Gasteiger charge is 2.28. The van der Waals surface area contributed by atoms with Crippen molar-refractivity contribution in [3.63, 3.8) is 0 Å². The van der Waals surface area contributed by atoms with E-state index in [9.17, 15) is 4.79 Å². The Morgan fingerprint density at radius 1 is 1.03 bits per heavy atom. The third-order valence-corrected chi connectivity index (χ3v) is 5.50. The number of nitrogens with one attached hydrogen (secondary N) is 1. The number of hydrogen-bond acceptors (Lipinski definition) is 3. The largest absolute Gasteiger partial charge is 0.449 e. The minimum Gasteiger partial charge on any atom is -0.449 e. The molecule has 0 atom stereocenters. The van der Waals surface area contributed by atoms with Crippen molar-refractivity contribution in [1.82, 2.24) is 5.32 Å². The molecule has 0 fully saturated rings. The van der Waals surface area contributed by atoms with Crippen LogP contribution in [0.4, 0.5) is 4.79 Å². The van der Waals surface area contributed by atoms with Gasteiger partial charge in [0, 0.05) is 12.5 Å². The monoisotopic (exact) mass is 394 g/mol. The van der Waals surface area contributed by atoms with Crippen LogP contribution >= 0.6 is 0 Å². The summed E-state index contributed by atoms with van der Waals surface area (Å²) in [6, 6.07) is 24.3. The quantitative estimate of drug-likeness (QED) is 0.629. The van der Waals surface area contributed by atoms with Crippen LogP contribution < -0.4 is 5.32 Å². The molecule has 0 unspecified atom stereocenters. The van der Waals surface area contributed by atoms with Gasteiger partial charge in [-0.1, -0.05) is 72.8 Å². The van der Waals surface area contributed by atoms with E-state index in [-0.39, 0.29) is 5.92 Å². The second kappa shape index (κ2) is 8.67. The van der Waals surface area contributed by atoms with Gasteiger partial charge in [0.2, 0.25) is 0 Å². The lowest BCUT2D eigenvalue weighted by Gasteiger charge is -2.14. The van der Waals surface area contributed by atoms with Crippen molar-refractivity contribution in [2.24, 2.45) is 0 Å². The first-order valence-corrected chi connectivity index (χ1v) is 9.94. The first-order valence-electron chi connectivity index (χ1n) is 9.94. The maximum Gasteiger partial charge on any atom is 0.407 e. The summed E-state index contributed by atoms with van der Waals surface area (Å²) in [5.74, 6) is 0.0510. The second-order valence-electron chi connectivity index (χ2n) is 7.24. The molecule has 0 bridgehead atoms. The van der Waals surface area contributed by atoms with E-state index < -0.39 is 6.09 Å². The van der Waals surface area contributed by atoms with E-state index in [0.717, 1.165) is 11.1 Å². The van der Waals surface area contributed by atoms with Gasteiger partial charge in [0.25, 0.3) is 0 Å². The van der Waals surface area contributed by atoms with E-state index in [1.54, 1.807) is 6.07 Å². The summed E-state index contributed by atoms with van der Waals surface area (Å²) < 4.78 is 5.53. The molecule has 3 aromatic rings. The number of amides is 1.